The first-order valence-electron chi connectivity index (χ1n) is 9.85. The molecule has 7 atom stereocenters. The van der Waals surface area contributed by atoms with Gasteiger partial charge in [0.05, 0.1) is 29.3 Å². The zero-order chi connectivity index (χ0) is 19.3. The Morgan fingerprint density at radius 1 is 1.08 bits per heavy atom. The van der Waals surface area contributed by atoms with Gasteiger partial charge in [-0.05, 0) is 51.5 Å². The highest BCUT2D eigenvalue weighted by Gasteiger charge is 2.68. The lowest BCUT2D eigenvalue weighted by Crippen LogP contribution is -2.71. The molecule has 1 aliphatic heterocycles. The molecular weight excluding hydrogens is 332 g/mol. The number of aliphatic hydroxyl groups is 3. The van der Waals surface area contributed by atoms with Crippen LogP contribution in [-0.2, 0) is 9.53 Å². The number of ether oxygens (including phenoxy) is 1. The number of aliphatic hydroxyl groups excluding tert-OH is 2. The van der Waals surface area contributed by atoms with Gasteiger partial charge in [-0.1, -0.05) is 19.4 Å². The monoisotopic (exact) mass is 364 g/mol. The van der Waals surface area contributed by atoms with E-state index in [1.807, 2.05) is 27.7 Å². The Hall–Kier alpha value is -0.750. The first kappa shape index (κ1) is 18.6. The summed E-state index contributed by atoms with van der Waals surface area (Å²) in [5.41, 5.74) is -1.57. The number of carbonyl (C=O) groups is 1. The lowest BCUT2D eigenvalue weighted by molar-refractivity contribution is -0.287. The highest BCUT2D eigenvalue weighted by molar-refractivity contribution is 5.93. The topological polar surface area (TPSA) is 87.0 Å². The van der Waals surface area contributed by atoms with Gasteiger partial charge in [0.2, 0.25) is 0 Å². The molecule has 1 saturated heterocycles. The van der Waals surface area contributed by atoms with Crippen molar-refractivity contribution < 1.29 is 24.9 Å². The van der Waals surface area contributed by atoms with Gasteiger partial charge in [0.25, 0.3) is 0 Å². The van der Waals surface area contributed by atoms with Crippen molar-refractivity contribution in [1.82, 2.24) is 0 Å². The molecule has 0 spiro atoms. The number of hydrogen-bond donors (Lipinski definition) is 3. The van der Waals surface area contributed by atoms with Crippen molar-refractivity contribution in [2.75, 3.05) is 6.61 Å². The molecule has 2 saturated carbocycles. The molecule has 0 aromatic rings. The largest absolute Gasteiger partial charge is 0.392 e. The summed E-state index contributed by atoms with van der Waals surface area (Å²) in [5.74, 6) is -0.396. The number of fused-ring (bicyclic) bond motifs is 5. The lowest BCUT2D eigenvalue weighted by Gasteiger charge is -2.65. The molecule has 5 heteroatoms. The number of ketones is 1. The zero-order valence-electron chi connectivity index (χ0n) is 16.5. The van der Waals surface area contributed by atoms with Crippen LogP contribution in [0.25, 0.3) is 0 Å². The average Bonchev–Trinajstić information content (AvgIpc) is 2.53. The van der Waals surface area contributed by atoms with Crippen LogP contribution in [-0.4, -0.2) is 51.1 Å². The molecule has 2 bridgehead atoms. The Bertz CT molecular complexity index is 697. The third-order valence-corrected chi connectivity index (χ3v) is 8.74. The maximum atomic E-state index is 13.5. The highest BCUT2D eigenvalue weighted by Crippen LogP contribution is 2.63. The molecule has 0 radical (unpaired) electrons. The lowest BCUT2D eigenvalue weighted by atomic mass is 9.45. The summed E-state index contributed by atoms with van der Waals surface area (Å²) < 4.78 is 5.80. The van der Waals surface area contributed by atoms with E-state index in [1.54, 1.807) is 6.92 Å². The van der Waals surface area contributed by atoms with E-state index in [0.29, 0.717) is 37.9 Å². The maximum absolute atomic E-state index is 13.5. The van der Waals surface area contributed by atoms with Crippen LogP contribution in [0.1, 0.15) is 60.3 Å². The third kappa shape index (κ3) is 1.98. The van der Waals surface area contributed by atoms with E-state index < -0.39 is 34.2 Å². The van der Waals surface area contributed by atoms with Crippen molar-refractivity contribution in [3.63, 3.8) is 0 Å². The molecule has 0 amide bonds. The maximum Gasteiger partial charge on any atom is 0.174 e. The first-order chi connectivity index (χ1) is 11.9. The summed E-state index contributed by atoms with van der Waals surface area (Å²) in [6, 6.07) is 0. The fraction of sp³-hybridized carbons (Fsp3) is 0.857. The molecule has 3 aliphatic carbocycles. The van der Waals surface area contributed by atoms with Gasteiger partial charge >= 0.3 is 0 Å². The molecular formula is C21H32O5. The molecule has 3 fully saturated rings. The summed E-state index contributed by atoms with van der Waals surface area (Å²) in [5, 5.41) is 33.8. The molecule has 4 aliphatic rings. The van der Waals surface area contributed by atoms with Crippen LogP contribution in [0.15, 0.2) is 11.1 Å². The molecule has 0 aromatic heterocycles. The Balaban J connectivity index is 1.91. The molecule has 4 unspecified atom stereocenters. The van der Waals surface area contributed by atoms with E-state index in [1.165, 1.54) is 0 Å². The van der Waals surface area contributed by atoms with Crippen LogP contribution >= 0.6 is 0 Å². The fourth-order valence-electron chi connectivity index (χ4n) is 6.53. The van der Waals surface area contributed by atoms with Crippen LogP contribution < -0.4 is 0 Å². The Labute approximate surface area is 155 Å². The summed E-state index contributed by atoms with van der Waals surface area (Å²) >= 11 is 0. The highest BCUT2D eigenvalue weighted by atomic mass is 16.5. The second kappa shape index (κ2) is 5.19. The van der Waals surface area contributed by atoms with E-state index in [2.05, 4.69) is 0 Å². The van der Waals surface area contributed by atoms with Crippen LogP contribution in [0.5, 0.6) is 0 Å². The summed E-state index contributed by atoms with van der Waals surface area (Å²) in [7, 11) is 0. The minimum absolute atomic E-state index is 0.112. The number of carbonyl (C=O) groups excluding carboxylic acids is 1. The van der Waals surface area contributed by atoms with Crippen molar-refractivity contribution in [3.8, 4) is 0 Å². The van der Waals surface area contributed by atoms with E-state index >= 15 is 0 Å². The Morgan fingerprint density at radius 2 is 1.73 bits per heavy atom. The van der Waals surface area contributed by atoms with Crippen molar-refractivity contribution >= 4 is 5.78 Å². The first-order valence-corrected chi connectivity index (χ1v) is 9.85. The van der Waals surface area contributed by atoms with Gasteiger partial charge in [0, 0.05) is 17.8 Å². The Kier molecular flexibility index (Phi) is 3.72. The average molecular weight is 364 g/mol. The summed E-state index contributed by atoms with van der Waals surface area (Å²) in [6.07, 6.45) is -0.0184. The van der Waals surface area contributed by atoms with Gasteiger partial charge in [-0.2, -0.15) is 0 Å². The smallest absolute Gasteiger partial charge is 0.174 e. The SMILES string of the molecule is CC1=C2[C@@H](O)C(=O)[C@]3(C)C(O)C[C@@]4(C)OCC4C3CC(O)(CC1)C2(C)C. The van der Waals surface area contributed by atoms with Crippen LogP contribution in [0.2, 0.25) is 0 Å². The summed E-state index contributed by atoms with van der Waals surface area (Å²) in [6.45, 7) is 10.2. The van der Waals surface area contributed by atoms with Crippen molar-refractivity contribution in [2.24, 2.45) is 22.7 Å². The van der Waals surface area contributed by atoms with Crippen molar-refractivity contribution in [3.05, 3.63) is 11.1 Å². The van der Waals surface area contributed by atoms with E-state index in [-0.39, 0.29) is 17.6 Å². The third-order valence-electron chi connectivity index (χ3n) is 8.74. The normalized spacial score (nSPS) is 53.2. The molecule has 1 heterocycles. The minimum atomic E-state index is -1.27. The Morgan fingerprint density at radius 3 is 2.31 bits per heavy atom. The quantitative estimate of drug-likeness (QED) is 0.572. The summed E-state index contributed by atoms with van der Waals surface area (Å²) in [4.78, 5) is 13.5. The molecule has 146 valence electrons. The molecule has 5 nitrogen and oxygen atoms in total. The van der Waals surface area contributed by atoms with Gasteiger partial charge < -0.3 is 20.1 Å². The molecule has 3 N–H and O–H groups in total. The number of rotatable bonds is 0. The van der Waals surface area contributed by atoms with E-state index in [9.17, 15) is 20.1 Å². The standard InChI is InChI=1S/C21H32O5/c1-11-6-7-21(25)8-12-13-10-26-19(13,4)9-14(22)20(12,5)17(24)16(23)15(11)18(21,2)3/h12-14,16,22-23,25H,6-10H2,1-5H3/t12?,13?,14?,16-,19-,20+,21?/m1/s1. The van der Waals surface area contributed by atoms with Crippen molar-refractivity contribution in [2.45, 2.75) is 83.7 Å². The van der Waals surface area contributed by atoms with E-state index in [0.717, 1.165) is 5.57 Å². The second-order valence-electron chi connectivity index (χ2n) is 10.2. The second-order valence-corrected chi connectivity index (χ2v) is 10.2. The van der Waals surface area contributed by atoms with Gasteiger partial charge in [0.15, 0.2) is 5.78 Å². The molecule has 4 rings (SSSR count). The minimum Gasteiger partial charge on any atom is -0.392 e. The predicted molar refractivity (Wildman–Crippen MR) is 96.4 cm³/mol. The zero-order valence-corrected chi connectivity index (χ0v) is 16.5. The van der Waals surface area contributed by atoms with Crippen LogP contribution in [0.3, 0.4) is 0 Å². The van der Waals surface area contributed by atoms with Gasteiger partial charge in [-0.3, -0.25) is 4.79 Å². The number of hydrogen-bond acceptors (Lipinski definition) is 5. The van der Waals surface area contributed by atoms with Gasteiger partial charge in [-0.25, -0.2) is 0 Å². The van der Waals surface area contributed by atoms with Gasteiger partial charge in [0.1, 0.15) is 6.10 Å². The molecule has 0 aromatic carbocycles. The number of allylic oxidation sites excluding steroid dienone is 1. The number of Topliss-reactive ketones (excluding diaryl/α,β-unsaturated/α-hetero) is 1. The van der Waals surface area contributed by atoms with Crippen LogP contribution in [0, 0.1) is 22.7 Å². The fourth-order valence-corrected chi connectivity index (χ4v) is 6.53. The van der Waals surface area contributed by atoms with Gasteiger partial charge in [-0.15, -0.1) is 0 Å². The van der Waals surface area contributed by atoms with E-state index in [4.69, 9.17) is 4.74 Å². The molecule has 26 heavy (non-hydrogen) atoms. The van der Waals surface area contributed by atoms with Crippen LogP contribution in [0.4, 0.5) is 0 Å². The predicted octanol–water partition coefficient (Wildman–Crippen LogP) is 1.98. The van der Waals surface area contributed by atoms with Crippen molar-refractivity contribution in [1.29, 1.82) is 0 Å².